The molecule has 1 aliphatic heterocycles. The fourth-order valence-corrected chi connectivity index (χ4v) is 4.15. The Bertz CT molecular complexity index is 565. The van der Waals surface area contributed by atoms with E-state index in [9.17, 15) is 4.79 Å². The smallest absolute Gasteiger partial charge is 0.233 e. The molecule has 0 spiro atoms. The molecule has 0 aromatic carbocycles. The van der Waals surface area contributed by atoms with Gasteiger partial charge in [0.05, 0.1) is 12.2 Å². The normalized spacial score (nSPS) is 27.4. The summed E-state index contributed by atoms with van der Waals surface area (Å²) in [5.74, 6) is 2.64. The third kappa shape index (κ3) is 4.71. The molecule has 1 atom stereocenters. The molecule has 138 valence electrons. The summed E-state index contributed by atoms with van der Waals surface area (Å²) in [6.07, 6.45) is 6.49. The molecule has 0 bridgehead atoms. The Hall–Kier alpha value is -1.65. The van der Waals surface area contributed by atoms with Crippen LogP contribution in [0, 0.1) is 24.7 Å². The predicted molar refractivity (Wildman–Crippen MR) is 97.3 cm³/mol. The zero-order valence-corrected chi connectivity index (χ0v) is 15.8. The SMILES string of the molecule is Cc1ccc(OC2CCCN(C(=O)C3CCC(C(C)C)CC3)C2)nn1. The highest BCUT2D eigenvalue weighted by Gasteiger charge is 2.33. The van der Waals surface area contributed by atoms with Crippen LogP contribution in [0.1, 0.15) is 58.1 Å². The van der Waals surface area contributed by atoms with Crippen LogP contribution in [0.3, 0.4) is 0 Å². The number of rotatable bonds is 4. The van der Waals surface area contributed by atoms with Gasteiger partial charge >= 0.3 is 0 Å². The van der Waals surface area contributed by atoms with Crippen molar-refractivity contribution in [3.8, 4) is 5.88 Å². The monoisotopic (exact) mass is 345 g/mol. The van der Waals surface area contributed by atoms with Crippen LogP contribution in [0.25, 0.3) is 0 Å². The van der Waals surface area contributed by atoms with Gasteiger partial charge in [-0.15, -0.1) is 5.10 Å². The number of piperidine rings is 1. The summed E-state index contributed by atoms with van der Waals surface area (Å²) in [5.41, 5.74) is 0.879. The van der Waals surface area contributed by atoms with Crippen molar-refractivity contribution in [1.29, 1.82) is 0 Å². The summed E-state index contributed by atoms with van der Waals surface area (Å²) in [6, 6.07) is 3.76. The van der Waals surface area contributed by atoms with E-state index in [-0.39, 0.29) is 12.0 Å². The van der Waals surface area contributed by atoms with E-state index in [0.717, 1.165) is 49.8 Å². The molecular weight excluding hydrogens is 314 g/mol. The molecular formula is C20H31N3O2. The summed E-state index contributed by atoms with van der Waals surface area (Å²) < 4.78 is 5.96. The molecule has 1 saturated heterocycles. The van der Waals surface area contributed by atoms with Crippen LogP contribution in [0.15, 0.2) is 12.1 Å². The Balaban J connectivity index is 1.52. The molecule has 1 amide bonds. The van der Waals surface area contributed by atoms with Crippen LogP contribution in [-0.4, -0.2) is 40.2 Å². The molecule has 1 aromatic heterocycles. The molecule has 2 heterocycles. The molecule has 5 heteroatoms. The minimum atomic E-state index is 0.0294. The van der Waals surface area contributed by atoms with Crippen LogP contribution >= 0.6 is 0 Å². The maximum absolute atomic E-state index is 12.9. The summed E-state index contributed by atoms with van der Waals surface area (Å²) >= 11 is 0. The third-order valence-electron chi connectivity index (χ3n) is 5.81. The molecule has 0 N–H and O–H groups in total. The van der Waals surface area contributed by atoms with Gasteiger partial charge in [-0.05, 0) is 63.4 Å². The van der Waals surface area contributed by atoms with Gasteiger partial charge in [-0.2, -0.15) is 5.10 Å². The lowest BCUT2D eigenvalue weighted by Gasteiger charge is -2.37. The summed E-state index contributed by atoms with van der Waals surface area (Å²) in [5, 5.41) is 8.12. The Labute approximate surface area is 151 Å². The second-order valence-electron chi connectivity index (χ2n) is 8.04. The minimum Gasteiger partial charge on any atom is -0.471 e. The summed E-state index contributed by atoms with van der Waals surface area (Å²) in [4.78, 5) is 14.9. The summed E-state index contributed by atoms with van der Waals surface area (Å²) in [7, 11) is 0. The van der Waals surface area contributed by atoms with Crippen LogP contribution in [-0.2, 0) is 4.79 Å². The van der Waals surface area contributed by atoms with Crippen molar-refractivity contribution in [3.63, 3.8) is 0 Å². The molecule has 5 nitrogen and oxygen atoms in total. The van der Waals surface area contributed by atoms with Gasteiger partial charge in [-0.3, -0.25) is 4.79 Å². The number of hydrogen-bond donors (Lipinski definition) is 0. The third-order valence-corrected chi connectivity index (χ3v) is 5.81. The van der Waals surface area contributed by atoms with E-state index in [2.05, 4.69) is 24.0 Å². The van der Waals surface area contributed by atoms with Crippen molar-refractivity contribution in [2.24, 2.45) is 17.8 Å². The quantitative estimate of drug-likeness (QED) is 0.836. The highest BCUT2D eigenvalue weighted by atomic mass is 16.5. The van der Waals surface area contributed by atoms with Crippen LogP contribution < -0.4 is 4.74 Å². The highest BCUT2D eigenvalue weighted by Crippen LogP contribution is 2.34. The molecule has 1 saturated carbocycles. The lowest BCUT2D eigenvalue weighted by Crippen LogP contribution is -2.47. The number of amides is 1. The predicted octanol–water partition coefficient (Wildman–Crippen LogP) is 3.62. The van der Waals surface area contributed by atoms with E-state index in [4.69, 9.17) is 4.74 Å². The number of aromatic nitrogens is 2. The standard InChI is InChI=1S/C20H31N3O2/c1-14(2)16-7-9-17(10-8-16)20(24)23-12-4-5-18(13-23)25-19-11-6-15(3)21-22-19/h6,11,14,16-18H,4-5,7-10,12-13H2,1-3H3. The van der Waals surface area contributed by atoms with E-state index < -0.39 is 0 Å². The first-order valence-electron chi connectivity index (χ1n) is 9.78. The van der Waals surface area contributed by atoms with E-state index >= 15 is 0 Å². The van der Waals surface area contributed by atoms with Crippen LogP contribution in [0.5, 0.6) is 5.88 Å². The van der Waals surface area contributed by atoms with Gasteiger partial charge in [0.2, 0.25) is 11.8 Å². The van der Waals surface area contributed by atoms with E-state index in [0.29, 0.717) is 18.3 Å². The van der Waals surface area contributed by atoms with Gasteiger partial charge < -0.3 is 9.64 Å². The van der Waals surface area contributed by atoms with Crippen molar-refractivity contribution in [2.45, 2.75) is 65.4 Å². The Morgan fingerprint density at radius 3 is 2.56 bits per heavy atom. The summed E-state index contributed by atoms with van der Waals surface area (Å²) in [6.45, 7) is 8.05. The zero-order valence-electron chi connectivity index (χ0n) is 15.8. The maximum atomic E-state index is 12.9. The fourth-order valence-electron chi connectivity index (χ4n) is 4.15. The second-order valence-corrected chi connectivity index (χ2v) is 8.04. The average Bonchev–Trinajstić information content (AvgIpc) is 2.63. The molecule has 2 aliphatic rings. The first kappa shape index (κ1) is 18.2. The van der Waals surface area contributed by atoms with Crippen molar-refractivity contribution in [3.05, 3.63) is 17.8 Å². The van der Waals surface area contributed by atoms with Gasteiger partial charge in [0.1, 0.15) is 6.10 Å². The van der Waals surface area contributed by atoms with Crippen LogP contribution in [0.2, 0.25) is 0 Å². The Morgan fingerprint density at radius 2 is 1.92 bits per heavy atom. The van der Waals surface area contributed by atoms with Gasteiger partial charge in [-0.25, -0.2) is 0 Å². The van der Waals surface area contributed by atoms with Crippen LogP contribution in [0.4, 0.5) is 0 Å². The number of likely N-dealkylation sites (tertiary alicyclic amines) is 1. The van der Waals surface area contributed by atoms with Gasteiger partial charge in [-0.1, -0.05) is 13.8 Å². The first-order chi connectivity index (χ1) is 12.0. The topological polar surface area (TPSA) is 55.3 Å². The van der Waals surface area contributed by atoms with Gasteiger partial charge in [0.25, 0.3) is 0 Å². The largest absolute Gasteiger partial charge is 0.471 e. The van der Waals surface area contributed by atoms with Crippen molar-refractivity contribution < 1.29 is 9.53 Å². The van der Waals surface area contributed by atoms with E-state index in [1.165, 1.54) is 12.8 Å². The molecule has 1 aliphatic carbocycles. The average molecular weight is 345 g/mol. The van der Waals surface area contributed by atoms with Crippen molar-refractivity contribution >= 4 is 5.91 Å². The van der Waals surface area contributed by atoms with Gasteiger partial charge in [0, 0.05) is 18.5 Å². The Kier molecular flexibility index (Phi) is 5.92. The molecule has 2 fully saturated rings. The van der Waals surface area contributed by atoms with E-state index in [1.807, 2.05) is 24.0 Å². The minimum absolute atomic E-state index is 0.0294. The molecule has 1 aromatic rings. The number of ether oxygens (including phenoxy) is 1. The number of carbonyl (C=O) groups is 1. The van der Waals surface area contributed by atoms with E-state index in [1.54, 1.807) is 0 Å². The number of hydrogen-bond acceptors (Lipinski definition) is 4. The van der Waals surface area contributed by atoms with Gasteiger partial charge in [0.15, 0.2) is 0 Å². The highest BCUT2D eigenvalue weighted by molar-refractivity contribution is 5.79. The molecule has 0 radical (unpaired) electrons. The maximum Gasteiger partial charge on any atom is 0.233 e. The number of aryl methyl sites for hydroxylation is 1. The van der Waals surface area contributed by atoms with Crippen molar-refractivity contribution in [2.75, 3.05) is 13.1 Å². The first-order valence-corrected chi connectivity index (χ1v) is 9.78. The number of nitrogens with zero attached hydrogens (tertiary/aromatic N) is 3. The lowest BCUT2D eigenvalue weighted by atomic mass is 9.76. The molecule has 25 heavy (non-hydrogen) atoms. The number of carbonyl (C=O) groups excluding carboxylic acids is 1. The lowest BCUT2D eigenvalue weighted by molar-refractivity contribution is -0.139. The fraction of sp³-hybridized carbons (Fsp3) is 0.750. The molecule has 1 unspecified atom stereocenters. The van der Waals surface area contributed by atoms with Crippen molar-refractivity contribution in [1.82, 2.24) is 15.1 Å². The second kappa shape index (κ2) is 8.15. The Morgan fingerprint density at radius 1 is 1.16 bits per heavy atom. The zero-order chi connectivity index (χ0) is 17.8. The molecule has 3 rings (SSSR count).